The van der Waals surface area contributed by atoms with E-state index in [2.05, 4.69) is 30.9 Å². The lowest BCUT2D eigenvalue weighted by Gasteiger charge is -2.09. The minimum Gasteiger partial charge on any atom is -0.494 e. The summed E-state index contributed by atoms with van der Waals surface area (Å²) in [7, 11) is 0. The smallest absolute Gasteiger partial charge is 0.291 e. The van der Waals surface area contributed by atoms with Crippen molar-refractivity contribution in [1.29, 1.82) is 0 Å². The van der Waals surface area contributed by atoms with Crippen LogP contribution in [0.3, 0.4) is 0 Å². The van der Waals surface area contributed by atoms with E-state index in [0.29, 0.717) is 34.4 Å². The maximum atomic E-state index is 13.5. The van der Waals surface area contributed by atoms with Gasteiger partial charge in [0.1, 0.15) is 17.2 Å². The van der Waals surface area contributed by atoms with Crippen molar-refractivity contribution in [3.8, 4) is 39.8 Å². The van der Waals surface area contributed by atoms with Crippen LogP contribution >= 0.6 is 11.3 Å². The molecule has 0 atom stereocenters. The Morgan fingerprint density at radius 2 is 1.57 bits per heavy atom. The van der Waals surface area contributed by atoms with Crippen LogP contribution in [0.1, 0.15) is 45.6 Å². The van der Waals surface area contributed by atoms with E-state index in [-0.39, 0.29) is 5.56 Å². The van der Waals surface area contributed by atoms with Crippen molar-refractivity contribution >= 4 is 22.4 Å². The van der Waals surface area contributed by atoms with E-state index in [1.165, 1.54) is 15.9 Å². The van der Waals surface area contributed by atoms with Gasteiger partial charge in [-0.2, -0.15) is 14.6 Å². The predicted octanol–water partition coefficient (Wildman–Crippen LogP) is 6.82. The maximum Gasteiger partial charge on any atom is 0.291 e. The van der Waals surface area contributed by atoms with Gasteiger partial charge in [-0.15, -0.1) is 5.10 Å². The van der Waals surface area contributed by atoms with E-state index in [9.17, 15) is 4.79 Å². The first-order valence-electron chi connectivity index (χ1n) is 15.0. The summed E-state index contributed by atoms with van der Waals surface area (Å²) in [5, 5.41) is 9.45. The Morgan fingerprint density at radius 1 is 0.864 bits per heavy atom. The topological polar surface area (TPSA) is 83.5 Å². The molecule has 6 rings (SSSR count). The second kappa shape index (κ2) is 13.3. The van der Waals surface area contributed by atoms with E-state index in [4.69, 9.17) is 14.6 Å². The largest absolute Gasteiger partial charge is 0.494 e. The van der Waals surface area contributed by atoms with E-state index in [1.807, 2.05) is 95.8 Å². The Morgan fingerprint density at radius 3 is 2.25 bits per heavy atom. The normalized spacial score (nSPS) is 12.0. The number of hydrogen-bond acceptors (Lipinski definition) is 7. The van der Waals surface area contributed by atoms with Crippen LogP contribution in [0.2, 0.25) is 0 Å². The monoisotopic (exact) mass is 605 g/mol. The third kappa shape index (κ3) is 6.58. The molecule has 3 aromatic carbocycles. The molecule has 0 aliphatic heterocycles. The van der Waals surface area contributed by atoms with Crippen LogP contribution in [0.5, 0.6) is 11.5 Å². The zero-order chi connectivity index (χ0) is 30.5. The molecule has 0 fully saturated rings. The molecule has 224 valence electrons. The molecule has 0 bridgehead atoms. The van der Waals surface area contributed by atoms with Crippen LogP contribution < -0.4 is 19.6 Å². The molecule has 8 nitrogen and oxygen atoms in total. The van der Waals surface area contributed by atoms with Crippen LogP contribution in [0.15, 0.2) is 89.9 Å². The van der Waals surface area contributed by atoms with E-state index in [0.717, 1.165) is 58.8 Å². The summed E-state index contributed by atoms with van der Waals surface area (Å²) >= 11 is 1.31. The van der Waals surface area contributed by atoms with Crippen LogP contribution in [-0.4, -0.2) is 37.6 Å². The standard InChI is InChI=1S/C35H35N5O3S/c1-4-5-9-20-42-29-18-14-26(15-19-29)33-36-35-40(38-33)34(41)31(44-35)21-27-22-39(28-10-7-6-8-11-28)37-32(27)25-12-16-30(17-13-25)43-23-24(2)3/h6-8,10-19,21-22,24H,4-5,9,20,23H2,1-3H3/b31-21-. The Balaban J connectivity index is 1.31. The first-order valence-corrected chi connectivity index (χ1v) is 15.8. The molecule has 44 heavy (non-hydrogen) atoms. The van der Waals surface area contributed by atoms with Crippen LogP contribution in [-0.2, 0) is 0 Å². The maximum absolute atomic E-state index is 13.5. The first kappa shape index (κ1) is 29.3. The summed E-state index contributed by atoms with van der Waals surface area (Å²) in [6, 6.07) is 25.5. The Bertz CT molecular complexity index is 1940. The molecule has 9 heteroatoms. The van der Waals surface area contributed by atoms with Crippen LogP contribution in [0, 0.1) is 5.92 Å². The molecule has 0 unspecified atom stereocenters. The van der Waals surface area contributed by atoms with Gasteiger partial charge in [-0.1, -0.05) is 63.1 Å². The number of ether oxygens (including phenoxy) is 2. The van der Waals surface area contributed by atoms with Gasteiger partial charge in [0.2, 0.25) is 4.96 Å². The van der Waals surface area contributed by atoms with Gasteiger partial charge in [0.15, 0.2) is 5.82 Å². The van der Waals surface area contributed by atoms with Crippen LogP contribution in [0.4, 0.5) is 0 Å². The Hall–Kier alpha value is -4.76. The van der Waals surface area contributed by atoms with Crippen molar-refractivity contribution in [2.75, 3.05) is 13.2 Å². The number of benzene rings is 3. The second-order valence-electron chi connectivity index (χ2n) is 11.1. The van der Waals surface area contributed by atoms with Gasteiger partial charge in [0.05, 0.1) is 23.4 Å². The summed E-state index contributed by atoms with van der Waals surface area (Å²) in [4.78, 5) is 18.7. The first-order chi connectivity index (χ1) is 21.5. The van der Waals surface area contributed by atoms with Crippen molar-refractivity contribution in [2.24, 2.45) is 5.92 Å². The highest BCUT2D eigenvalue weighted by molar-refractivity contribution is 7.15. The molecule has 0 aliphatic rings. The number of aromatic nitrogens is 5. The quantitative estimate of drug-likeness (QED) is 0.142. The molecular weight excluding hydrogens is 570 g/mol. The number of para-hydroxylation sites is 1. The molecular formula is C35H35N5O3S. The summed E-state index contributed by atoms with van der Waals surface area (Å²) in [6.07, 6.45) is 7.17. The minimum atomic E-state index is -0.213. The van der Waals surface area contributed by atoms with Crippen molar-refractivity contribution in [3.63, 3.8) is 0 Å². The fraction of sp³-hybridized carbons (Fsp3) is 0.257. The molecule has 0 amide bonds. The highest BCUT2D eigenvalue weighted by Gasteiger charge is 2.15. The zero-order valence-corrected chi connectivity index (χ0v) is 26.0. The molecule has 0 saturated carbocycles. The van der Waals surface area contributed by atoms with Crippen LogP contribution in [0.25, 0.3) is 39.4 Å². The molecule has 3 heterocycles. The van der Waals surface area contributed by atoms with Gasteiger partial charge in [0, 0.05) is 22.9 Å². The number of nitrogens with zero attached hydrogens (tertiary/aromatic N) is 5. The average Bonchev–Trinajstić information content (AvgIpc) is 3.74. The molecule has 0 aliphatic carbocycles. The van der Waals surface area contributed by atoms with E-state index in [1.54, 1.807) is 0 Å². The average molecular weight is 606 g/mol. The van der Waals surface area contributed by atoms with Crippen molar-refractivity contribution in [2.45, 2.75) is 40.0 Å². The van der Waals surface area contributed by atoms with E-state index < -0.39 is 0 Å². The molecule has 0 N–H and O–H groups in total. The molecule has 0 spiro atoms. The SMILES string of the molecule is CCCCCOc1ccc(-c2nc3s/c(=C\c4cn(-c5ccccc5)nc4-c4ccc(OCC(C)C)cc4)c(=O)n3n2)cc1. The number of thiazole rings is 1. The summed E-state index contributed by atoms with van der Waals surface area (Å²) in [6.45, 7) is 7.78. The Kier molecular flexibility index (Phi) is 8.84. The van der Waals surface area contributed by atoms with Gasteiger partial charge < -0.3 is 9.47 Å². The van der Waals surface area contributed by atoms with Gasteiger partial charge in [0.25, 0.3) is 5.56 Å². The minimum absolute atomic E-state index is 0.213. The van der Waals surface area contributed by atoms with Crippen molar-refractivity contribution in [1.82, 2.24) is 24.4 Å². The summed E-state index contributed by atoms with van der Waals surface area (Å²) < 4.78 is 15.4. The van der Waals surface area contributed by atoms with Gasteiger partial charge >= 0.3 is 0 Å². The third-order valence-corrected chi connectivity index (χ3v) is 8.03. The number of hydrogen-bond donors (Lipinski definition) is 0. The summed E-state index contributed by atoms with van der Waals surface area (Å²) in [5.74, 6) is 2.58. The zero-order valence-electron chi connectivity index (χ0n) is 25.1. The van der Waals surface area contributed by atoms with Crippen molar-refractivity contribution < 1.29 is 9.47 Å². The van der Waals surface area contributed by atoms with Crippen molar-refractivity contribution in [3.05, 3.63) is 106 Å². The lowest BCUT2D eigenvalue weighted by atomic mass is 10.1. The number of fused-ring (bicyclic) bond motifs is 1. The molecule has 3 aromatic heterocycles. The van der Waals surface area contributed by atoms with Gasteiger partial charge in [-0.3, -0.25) is 4.79 Å². The van der Waals surface area contributed by atoms with Gasteiger partial charge in [-0.25, -0.2) is 4.68 Å². The highest BCUT2D eigenvalue weighted by Crippen LogP contribution is 2.27. The predicted molar refractivity (Wildman–Crippen MR) is 176 cm³/mol. The molecule has 0 saturated heterocycles. The Labute approximate surface area is 260 Å². The lowest BCUT2D eigenvalue weighted by molar-refractivity contribution is 0.271. The fourth-order valence-corrected chi connectivity index (χ4v) is 5.64. The third-order valence-electron chi connectivity index (χ3n) is 7.07. The fourth-order valence-electron chi connectivity index (χ4n) is 4.74. The van der Waals surface area contributed by atoms with E-state index >= 15 is 0 Å². The highest BCUT2D eigenvalue weighted by atomic mass is 32.1. The molecule has 0 radical (unpaired) electrons. The van der Waals surface area contributed by atoms with Gasteiger partial charge in [-0.05, 0) is 79.1 Å². The lowest BCUT2D eigenvalue weighted by Crippen LogP contribution is -2.23. The number of rotatable bonds is 12. The number of unbranched alkanes of at least 4 members (excludes halogenated alkanes) is 2. The molecule has 6 aromatic rings. The summed E-state index contributed by atoms with van der Waals surface area (Å²) in [5.41, 5.74) is 4.06. The second-order valence-corrected chi connectivity index (χ2v) is 12.1.